The van der Waals surface area contributed by atoms with Gasteiger partial charge in [-0.1, -0.05) is 38.1 Å². The van der Waals surface area contributed by atoms with Crippen molar-refractivity contribution in [3.05, 3.63) is 53.2 Å². The monoisotopic (exact) mass is 422 g/mol. The van der Waals surface area contributed by atoms with Crippen molar-refractivity contribution in [3.63, 3.8) is 0 Å². The lowest BCUT2D eigenvalue weighted by Gasteiger charge is -2.49. The Balaban J connectivity index is 1.64. The molecule has 1 unspecified atom stereocenters. The quantitative estimate of drug-likeness (QED) is 0.714. The zero-order chi connectivity index (χ0) is 22.2. The summed E-state index contributed by atoms with van der Waals surface area (Å²) in [5.41, 5.74) is 5.55. The molecule has 168 valence electrons. The van der Waals surface area contributed by atoms with Crippen LogP contribution in [0.15, 0.2) is 36.5 Å². The van der Waals surface area contributed by atoms with E-state index in [2.05, 4.69) is 91.7 Å². The highest BCUT2D eigenvalue weighted by Crippen LogP contribution is 2.37. The van der Waals surface area contributed by atoms with E-state index in [1.807, 2.05) is 6.20 Å². The molecule has 1 aromatic carbocycles. The molecule has 0 radical (unpaired) electrons. The normalized spacial score (nSPS) is 20.6. The van der Waals surface area contributed by atoms with Crippen LogP contribution in [0.1, 0.15) is 63.3 Å². The number of ether oxygens (including phenoxy) is 1. The Labute approximate surface area is 188 Å². The largest absolute Gasteiger partial charge is 0.474 e. The topological polar surface area (TPSA) is 31.8 Å². The smallest absolute Gasteiger partial charge is 0.237 e. The Morgan fingerprint density at radius 3 is 2.61 bits per heavy atom. The third kappa shape index (κ3) is 4.58. The van der Waals surface area contributed by atoms with Crippen molar-refractivity contribution in [3.8, 4) is 5.88 Å². The van der Waals surface area contributed by atoms with Crippen LogP contribution < -0.4 is 9.64 Å². The van der Waals surface area contributed by atoms with Crippen LogP contribution in [-0.4, -0.2) is 60.2 Å². The third-order valence-electron chi connectivity index (χ3n) is 6.72. The van der Waals surface area contributed by atoms with Gasteiger partial charge in [0.1, 0.15) is 12.3 Å². The number of piperazine rings is 1. The van der Waals surface area contributed by atoms with Gasteiger partial charge in [0.05, 0.1) is 6.54 Å². The van der Waals surface area contributed by atoms with Crippen molar-refractivity contribution < 1.29 is 4.74 Å². The van der Waals surface area contributed by atoms with Gasteiger partial charge in [-0.3, -0.25) is 9.80 Å². The maximum atomic E-state index is 5.84. The molecule has 2 aliphatic rings. The molecule has 5 nitrogen and oxygen atoms in total. The van der Waals surface area contributed by atoms with Crippen LogP contribution in [0.5, 0.6) is 5.88 Å². The number of rotatable bonds is 4. The van der Waals surface area contributed by atoms with Crippen molar-refractivity contribution in [1.82, 2.24) is 14.8 Å². The fourth-order valence-electron chi connectivity index (χ4n) is 5.14. The molecule has 31 heavy (non-hydrogen) atoms. The maximum absolute atomic E-state index is 5.84. The van der Waals surface area contributed by atoms with Gasteiger partial charge >= 0.3 is 0 Å². The van der Waals surface area contributed by atoms with Crippen LogP contribution in [0.3, 0.4) is 0 Å². The number of nitrogens with zero attached hydrogens (tertiary/aromatic N) is 4. The zero-order valence-corrected chi connectivity index (χ0v) is 20.1. The van der Waals surface area contributed by atoms with Crippen molar-refractivity contribution in [2.24, 2.45) is 0 Å². The summed E-state index contributed by atoms with van der Waals surface area (Å²) in [5.74, 6) is 1.30. The summed E-state index contributed by atoms with van der Waals surface area (Å²) >= 11 is 0. The summed E-state index contributed by atoms with van der Waals surface area (Å²) in [6.07, 6.45) is 1.89. The lowest BCUT2D eigenvalue weighted by Crippen LogP contribution is -2.55. The highest BCUT2D eigenvalue weighted by molar-refractivity contribution is 5.61. The van der Waals surface area contributed by atoms with Crippen LogP contribution in [0.4, 0.5) is 5.69 Å². The molecule has 3 heterocycles. The minimum atomic E-state index is 0.130. The molecule has 2 aromatic rings. The summed E-state index contributed by atoms with van der Waals surface area (Å²) in [6.45, 7) is 17.4. The molecule has 0 N–H and O–H groups in total. The Morgan fingerprint density at radius 2 is 1.87 bits per heavy atom. The van der Waals surface area contributed by atoms with E-state index in [4.69, 9.17) is 4.74 Å². The average molecular weight is 423 g/mol. The van der Waals surface area contributed by atoms with E-state index >= 15 is 0 Å². The Morgan fingerprint density at radius 1 is 1.10 bits per heavy atom. The fourth-order valence-corrected chi connectivity index (χ4v) is 5.14. The summed E-state index contributed by atoms with van der Waals surface area (Å²) in [5, 5.41) is 0. The molecule has 1 fully saturated rings. The van der Waals surface area contributed by atoms with Gasteiger partial charge in [0.25, 0.3) is 0 Å². The van der Waals surface area contributed by atoms with E-state index < -0.39 is 0 Å². The molecule has 5 heteroatoms. The molecule has 1 atom stereocenters. The van der Waals surface area contributed by atoms with Gasteiger partial charge in [-0.15, -0.1) is 0 Å². The van der Waals surface area contributed by atoms with E-state index in [0.717, 1.165) is 44.3 Å². The molecule has 1 aromatic heterocycles. The lowest BCUT2D eigenvalue weighted by molar-refractivity contribution is 0.00555. The van der Waals surface area contributed by atoms with Crippen molar-refractivity contribution in [2.75, 3.05) is 44.7 Å². The van der Waals surface area contributed by atoms with Crippen LogP contribution in [0.25, 0.3) is 0 Å². The number of benzene rings is 1. The SMILES string of the molecule is CC(C)c1ccccc1C1CN(Cc2ccnc3c2N(C)CCO3)CCN1C(C)(C)C. The Hall–Kier alpha value is -2.11. The molecule has 0 aliphatic carbocycles. The van der Waals surface area contributed by atoms with Crippen LogP contribution in [0, 0.1) is 0 Å². The number of fused-ring (bicyclic) bond motifs is 1. The molecule has 0 amide bonds. The van der Waals surface area contributed by atoms with E-state index in [-0.39, 0.29) is 5.54 Å². The molecule has 0 saturated carbocycles. The zero-order valence-electron chi connectivity index (χ0n) is 20.1. The predicted octanol–water partition coefficient (Wildman–Crippen LogP) is 4.69. The number of likely N-dealkylation sites (N-methyl/N-ethyl adjacent to an activating group) is 1. The first kappa shape index (κ1) is 22.1. The highest BCUT2D eigenvalue weighted by Gasteiger charge is 2.36. The molecule has 4 rings (SSSR count). The van der Waals surface area contributed by atoms with Gasteiger partial charge in [0, 0.05) is 51.0 Å². The second-order valence-electron chi connectivity index (χ2n) is 10.3. The Kier molecular flexibility index (Phi) is 6.27. The van der Waals surface area contributed by atoms with Gasteiger partial charge in [0.15, 0.2) is 0 Å². The number of pyridine rings is 1. The standard InChI is InChI=1S/C26H38N4O/c1-19(2)21-9-7-8-10-22(21)23-18-29(13-14-30(23)26(3,4)5)17-20-11-12-27-25-24(20)28(6)15-16-31-25/h7-12,19,23H,13-18H2,1-6H3. The highest BCUT2D eigenvalue weighted by atomic mass is 16.5. The van der Waals surface area contributed by atoms with E-state index in [1.54, 1.807) is 0 Å². The van der Waals surface area contributed by atoms with E-state index in [9.17, 15) is 0 Å². The van der Waals surface area contributed by atoms with Gasteiger partial charge in [0.2, 0.25) is 5.88 Å². The van der Waals surface area contributed by atoms with Gasteiger partial charge in [-0.2, -0.15) is 0 Å². The number of anilines is 1. The summed E-state index contributed by atoms with van der Waals surface area (Å²) in [7, 11) is 2.14. The first-order chi connectivity index (χ1) is 14.8. The van der Waals surface area contributed by atoms with Gasteiger partial charge < -0.3 is 9.64 Å². The minimum Gasteiger partial charge on any atom is -0.474 e. The second-order valence-corrected chi connectivity index (χ2v) is 10.3. The molecular weight excluding hydrogens is 384 g/mol. The lowest BCUT2D eigenvalue weighted by atomic mass is 9.88. The molecular formula is C26H38N4O. The molecule has 1 saturated heterocycles. The van der Waals surface area contributed by atoms with E-state index in [1.165, 1.54) is 16.7 Å². The number of hydrogen-bond acceptors (Lipinski definition) is 5. The van der Waals surface area contributed by atoms with Crippen molar-refractivity contribution >= 4 is 5.69 Å². The average Bonchev–Trinajstić information content (AvgIpc) is 2.73. The predicted molar refractivity (Wildman–Crippen MR) is 128 cm³/mol. The van der Waals surface area contributed by atoms with Crippen molar-refractivity contribution in [2.45, 2.75) is 58.7 Å². The fraction of sp³-hybridized carbons (Fsp3) is 0.577. The van der Waals surface area contributed by atoms with Gasteiger partial charge in [-0.05, 0) is 49.4 Å². The van der Waals surface area contributed by atoms with Crippen LogP contribution in [-0.2, 0) is 6.54 Å². The third-order valence-corrected chi connectivity index (χ3v) is 6.72. The second kappa shape index (κ2) is 8.79. The van der Waals surface area contributed by atoms with Crippen molar-refractivity contribution in [1.29, 1.82) is 0 Å². The first-order valence-electron chi connectivity index (χ1n) is 11.7. The molecule has 0 bridgehead atoms. The van der Waals surface area contributed by atoms with Crippen LogP contribution in [0.2, 0.25) is 0 Å². The number of aromatic nitrogens is 1. The minimum absolute atomic E-state index is 0.130. The number of hydrogen-bond donors (Lipinski definition) is 0. The van der Waals surface area contributed by atoms with E-state index in [0.29, 0.717) is 18.6 Å². The summed E-state index contributed by atoms with van der Waals surface area (Å²) in [4.78, 5) is 12.1. The summed E-state index contributed by atoms with van der Waals surface area (Å²) < 4.78 is 5.84. The van der Waals surface area contributed by atoms with Crippen LogP contribution >= 0.6 is 0 Å². The maximum Gasteiger partial charge on any atom is 0.237 e. The molecule has 2 aliphatic heterocycles. The Bertz CT molecular complexity index is 905. The van der Waals surface area contributed by atoms with Gasteiger partial charge in [-0.25, -0.2) is 4.98 Å². The summed E-state index contributed by atoms with van der Waals surface area (Å²) in [6, 6.07) is 11.6. The first-order valence-corrected chi connectivity index (χ1v) is 11.7. The molecule has 0 spiro atoms.